The molecule has 0 radical (unpaired) electrons. The van der Waals surface area contributed by atoms with Crippen LogP contribution in [0.4, 0.5) is 0 Å². The van der Waals surface area contributed by atoms with E-state index in [1.165, 1.54) is 7.11 Å². The average molecular weight is 253 g/mol. The second kappa shape index (κ2) is 4.82. The lowest BCUT2D eigenvalue weighted by Gasteiger charge is -2.54. The number of Topliss-reactive ketones (excluding diaryl/α,β-unsaturated/α-hetero) is 1. The van der Waals surface area contributed by atoms with E-state index in [0.29, 0.717) is 12.0 Å². The molecule has 1 heterocycles. The Morgan fingerprint density at radius 2 is 2.22 bits per heavy atom. The van der Waals surface area contributed by atoms with Crippen molar-refractivity contribution < 1.29 is 19.1 Å². The zero-order chi connectivity index (χ0) is 13.3. The van der Waals surface area contributed by atoms with Gasteiger partial charge in [-0.25, -0.2) is 4.79 Å². The van der Waals surface area contributed by atoms with Gasteiger partial charge in [-0.3, -0.25) is 9.69 Å². The third-order valence-electron chi connectivity index (χ3n) is 3.80. The molecule has 1 aliphatic carbocycles. The number of carbonyl (C=O) groups is 2. The van der Waals surface area contributed by atoms with Crippen molar-refractivity contribution in [1.29, 1.82) is 0 Å². The van der Waals surface area contributed by atoms with Crippen LogP contribution in [0.2, 0.25) is 0 Å². The van der Waals surface area contributed by atoms with E-state index in [1.54, 1.807) is 6.08 Å². The molecule has 0 saturated carbocycles. The highest BCUT2D eigenvalue weighted by Crippen LogP contribution is 2.48. The van der Waals surface area contributed by atoms with Crippen LogP contribution in [0.15, 0.2) is 11.6 Å². The highest BCUT2D eigenvalue weighted by Gasteiger charge is 2.58. The SMILES string of the molecule is CCN(CC)C12OCC(=O)CC1C=C2C(=O)OC. The van der Waals surface area contributed by atoms with Gasteiger partial charge in [0.25, 0.3) is 0 Å². The lowest BCUT2D eigenvalue weighted by atomic mass is 9.71. The first-order chi connectivity index (χ1) is 8.59. The molecule has 1 aliphatic heterocycles. The van der Waals surface area contributed by atoms with Crippen LogP contribution in [0, 0.1) is 5.92 Å². The summed E-state index contributed by atoms with van der Waals surface area (Å²) >= 11 is 0. The van der Waals surface area contributed by atoms with Gasteiger partial charge < -0.3 is 9.47 Å². The average Bonchev–Trinajstić information content (AvgIpc) is 2.36. The molecular weight excluding hydrogens is 234 g/mol. The molecule has 1 fully saturated rings. The van der Waals surface area contributed by atoms with Gasteiger partial charge in [-0.15, -0.1) is 0 Å². The third kappa shape index (κ3) is 1.69. The van der Waals surface area contributed by atoms with E-state index < -0.39 is 5.72 Å². The van der Waals surface area contributed by atoms with Crippen LogP contribution in [-0.2, 0) is 19.1 Å². The van der Waals surface area contributed by atoms with Gasteiger partial charge in [0.15, 0.2) is 11.5 Å². The fourth-order valence-corrected chi connectivity index (χ4v) is 2.93. The Morgan fingerprint density at radius 1 is 1.56 bits per heavy atom. The number of nitrogens with zero attached hydrogens (tertiary/aromatic N) is 1. The Hall–Kier alpha value is -1.20. The number of ketones is 1. The summed E-state index contributed by atoms with van der Waals surface area (Å²) in [6.45, 7) is 5.62. The van der Waals surface area contributed by atoms with E-state index in [2.05, 4.69) is 4.90 Å². The van der Waals surface area contributed by atoms with Gasteiger partial charge in [-0.2, -0.15) is 0 Å². The van der Waals surface area contributed by atoms with E-state index >= 15 is 0 Å². The highest BCUT2D eigenvalue weighted by atomic mass is 16.5. The fraction of sp³-hybridized carbons (Fsp3) is 0.692. The molecule has 1 saturated heterocycles. The molecule has 0 aromatic rings. The van der Waals surface area contributed by atoms with Gasteiger partial charge in [-0.05, 0) is 13.1 Å². The Bertz CT molecular complexity index is 400. The maximum atomic E-state index is 11.8. The van der Waals surface area contributed by atoms with Crippen molar-refractivity contribution in [1.82, 2.24) is 4.90 Å². The zero-order valence-corrected chi connectivity index (χ0v) is 11.1. The summed E-state index contributed by atoms with van der Waals surface area (Å²) in [4.78, 5) is 25.3. The van der Waals surface area contributed by atoms with Crippen LogP contribution in [-0.4, -0.2) is 49.2 Å². The lowest BCUT2D eigenvalue weighted by molar-refractivity contribution is -0.198. The number of hydrogen-bond acceptors (Lipinski definition) is 5. The van der Waals surface area contributed by atoms with Crippen molar-refractivity contribution in [2.75, 3.05) is 26.8 Å². The summed E-state index contributed by atoms with van der Waals surface area (Å²) in [6, 6.07) is 0. The van der Waals surface area contributed by atoms with E-state index in [0.717, 1.165) is 13.1 Å². The largest absolute Gasteiger partial charge is 0.466 e. The Balaban J connectivity index is 2.35. The molecule has 18 heavy (non-hydrogen) atoms. The lowest BCUT2D eigenvalue weighted by Crippen LogP contribution is -2.65. The Labute approximate surface area is 107 Å². The predicted octanol–water partition coefficient (Wildman–Crippen LogP) is 0.743. The van der Waals surface area contributed by atoms with Crippen molar-refractivity contribution in [3.05, 3.63) is 11.6 Å². The molecule has 0 spiro atoms. The summed E-state index contributed by atoms with van der Waals surface area (Å²) in [5, 5.41) is 0. The molecule has 0 aromatic heterocycles. The smallest absolute Gasteiger partial charge is 0.337 e. The predicted molar refractivity (Wildman–Crippen MR) is 64.8 cm³/mol. The summed E-state index contributed by atoms with van der Waals surface area (Å²) in [5.41, 5.74) is -0.212. The van der Waals surface area contributed by atoms with Crippen LogP contribution >= 0.6 is 0 Å². The van der Waals surface area contributed by atoms with Crippen molar-refractivity contribution in [2.45, 2.75) is 26.0 Å². The van der Waals surface area contributed by atoms with E-state index in [-0.39, 0.29) is 24.3 Å². The Morgan fingerprint density at radius 3 is 2.72 bits per heavy atom. The van der Waals surface area contributed by atoms with Gasteiger partial charge >= 0.3 is 5.97 Å². The minimum Gasteiger partial charge on any atom is -0.466 e. The first-order valence-corrected chi connectivity index (χ1v) is 6.31. The monoisotopic (exact) mass is 253 g/mol. The van der Waals surface area contributed by atoms with E-state index in [9.17, 15) is 9.59 Å². The maximum Gasteiger partial charge on any atom is 0.337 e. The number of fused-ring (bicyclic) bond motifs is 1. The number of hydrogen-bond donors (Lipinski definition) is 0. The molecule has 2 rings (SSSR count). The van der Waals surface area contributed by atoms with E-state index in [4.69, 9.17) is 9.47 Å². The number of ether oxygens (including phenoxy) is 2. The molecule has 0 bridgehead atoms. The van der Waals surface area contributed by atoms with Crippen molar-refractivity contribution in [2.24, 2.45) is 5.92 Å². The number of likely N-dealkylation sites (N-methyl/N-ethyl adjacent to an activating group) is 1. The number of rotatable bonds is 4. The van der Waals surface area contributed by atoms with Gasteiger partial charge in [0.2, 0.25) is 0 Å². The highest BCUT2D eigenvalue weighted by molar-refractivity contribution is 5.94. The molecular formula is C13H19NO4. The molecule has 0 amide bonds. The van der Waals surface area contributed by atoms with Gasteiger partial charge in [-0.1, -0.05) is 19.9 Å². The molecule has 2 aliphatic rings. The van der Waals surface area contributed by atoms with Crippen molar-refractivity contribution in [3.8, 4) is 0 Å². The van der Waals surface area contributed by atoms with Gasteiger partial charge in [0, 0.05) is 12.3 Å². The molecule has 0 N–H and O–H groups in total. The molecule has 5 heteroatoms. The summed E-state index contributed by atoms with van der Waals surface area (Å²) in [7, 11) is 1.36. The quantitative estimate of drug-likeness (QED) is 0.692. The summed E-state index contributed by atoms with van der Waals surface area (Å²) < 4.78 is 10.6. The topological polar surface area (TPSA) is 55.8 Å². The number of methoxy groups -OCH3 is 1. The van der Waals surface area contributed by atoms with Crippen LogP contribution in [0.1, 0.15) is 20.3 Å². The Kier molecular flexibility index (Phi) is 3.54. The molecule has 100 valence electrons. The molecule has 2 atom stereocenters. The number of carbonyl (C=O) groups excluding carboxylic acids is 2. The zero-order valence-electron chi connectivity index (χ0n) is 11.1. The second-order valence-corrected chi connectivity index (χ2v) is 4.58. The van der Waals surface area contributed by atoms with E-state index in [1.807, 2.05) is 13.8 Å². The summed E-state index contributed by atoms with van der Waals surface area (Å²) in [5.74, 6) is -0.316. The van der Waals surface area contributed by atoms with Crippen LogP contribution in [0.25, 0.3) is 0 Å². The molecule has 5 nitrogen and oxygen atoms in total. The van der Waals surface area contributed by atoms with Crippen LogP contribution < -0.4 is 0 Å². The van der Waals surface area contributed by atoms with Crippen LogP contribution in [0.5, 0.6) is 0 Å². The first kappa shape index (κ1) is 13.2. The minimum atomic E-state index is -0.746. The maximum absolute atomic E-state index is 11.8. The second-order valence-electron chi connectivity index (χ2n) is 4.58. The number of esters is 1. The minimum absolute atomic E-state index is 0.0345. The van der Waals surface area contributed by atoms with Crippen molar-refractivity contribution in [3.63, 3.8) is 0 Å². The van der Waals surface area contributed by atoms with Gasteiger partial charge in [0.1, 0.15) is 6.61 Å². The van der Waals surface area contributed by atoms with Crippen molar-refractivity contribution >= 4 is 11.8 Å². The molecule has 2 unspecified atom stereocenters. The molecule has 0 aromatic carbocycles. The standard InChI is InChI=1S/C13H19NO4/c1-4-14(5-2)13-9(6-10(15)8-18-13)7-11(13)12(16)17-3/h7,9H,4-6,8H2,1-3H3. The van der Waals surface area contributed by atoms with Gasteiger partial charge in [0.05, 0.1) is 12.7 Å². The summed E-state index contributed by atoms with van der Waals surface area (Å²) in [6.07, 6.45) is 2.25. The third-order valence-corrected chi connectivity index (χ3v) is 3.80. The first-order valence-electron chi connectivity index (χ1n) is 6.31. The fourth-order valence-electron chi connectivity index (χ4n) is 2.93. The normalized spacial score (nSPS) is 30.6. The van der Waals surface area contributed by atoms with Crippen LogP contribution in [0.3, 0.4) is 0 Å².